The monoisotopic (exact) mass is 892 g/mol. The molecule has 0 saturated carbocycles. The number of nitrogens with zero attached hydrogens (tertiary/aromatic N) is 4. The molecule has 4 nitrogen and oxygen atoms in total. The van der Waals surface area contributed by atoms with Crippen LogP contribution in [-0.4, -0.2) is 26.8 Å². The Kier molecular flexibility index (Phi) is 17.4. The number of pyridine rings is 1. The Morgan fingerprint density at radius 3 is 1.87 bits per heavy atom. The standard InChI is InChI=1S/C52H65FN4S4/c1-5-9-12-14-16-18-31-57(32-19-17-15-13-10-6-2)40-26-24-39(25-27-40)46-34-47-48(59-46)35-49(60-47)51-52-50(55-61-56-52)42(36-54-51)45-30-29-44(58-45)41-28-23-38(33-43(41)53)22-21-37(8-4)20-11-7-3/h23-30,33-37H,5-22,31-32H2,1-4H3. The zero-order valence-electron chi connectivity index (χ0n) is 36.9. The highest BCUT2D eigenvalue weighted by molar-refractivity contribution is 7.31. The number of fused-ring (bicyclic) bond motifs is 2. The number of aromatic nitrogens is 3. The van der Waals surface area contributed by atoms with Gasteiger partial charge >= 0.3 is 0 Å². The third-order valence-electron chi connectivity index (χ3n) is 12.4. The van der Waals surface area contributed by atoms with Crippen LogP contribution in [0.15, 0.2) is 72.9 Å². The fraction of sp³-hybridized carbons (Fsp3) is 0.481. The van der Waals surface area contributed by atoms with E-state index in [1.807, 2.05) is 29.7 Å². The minimum Gasteiger partial charge on any atom is -0.372 e. The molecule has 7 rings (SSSR count). The van der Waals surface area contributed by atoms with Crippen molar-refractivity contribution in [2.24, 2.45) is 5.92 Å². The maximum absolute atomic E-state index is 15.6. The molecule has 0 bridgehead atoms. The van der Waals surface area contributed by atoms with E-state index < -0.39 is 0 Å². The summed E-state index contributed by atoms with van der Waals surface area (Å²) < 4.78 is 27.6. The number of benzene rings is 2. The molecule has 7 aromatic rings. The first-order valence-corrected chi connectivity index (χ1v) is 26.6. The summed E-state index contributed by atoms with van der Waals surface area (Å²) in [5.74, 6) is 0.566. The first-order chi connectivity index (χ1) is 30.0. The van der Waals surface area contributed by atoms with Gasteiger partial charge in [0.1, 0.15) is 22.5 Å². The Bertz CT molecular complexity index is 2340. The first kappa shape index (κ1) is 45.5. The van der Waals surface area contributed by atoms with Gasteiger partial charge < -0.3 is 4.90 Å². The van der Waals surface area contributed by atoms with Crippen molar-refractivity contribution < 1.29 is 4.39 Å². The van der Waals surface area contributed by atoms with E-state index in [0.717, 1.165) is 68.4 Å². The van der Waals surface area contributed by atoms with Gasteiger partial charge in [0.05, 0.1) is 16.6 Å². The summed E-state index contributed by atoms with van der Waals surface area (Å²) in [6.45, 7) is 11.4. The SMILES string of the molecule is CCCCCCCCN(CCCCCCCC)c1ccc(-c2cc3sc(-c4ncc(-c5ccc(-c6ccc(CCC(CC)CCCC)cc6F)s5)c5nsnc45)cc3s2)cc1. The van der Waals surface area contributed by atoms with E-state index in [2.05, 4.69) is 81.1 Å². The number of halogens is 1. The Hall–Kier alpha value is -3.50. The summed E-state index contributed by atoms with van der Waals surface area (Å²) in [6, 6.07) is 23.9. The van der Waals surface area contributed by atoms with Crippen LogP contribution in [0, 0.1) is 11.7 Å². The number of anilines is 1. The van der Waals surface area contributed by atoms with E-state index in [1.165, 1.54) is 140 Å². The summed E-state index contributed by atoms with van der Waals surface area (Å²) in [5, 5.41) is 0. The number of thiophene rings is 3. The fourth-order valence-corrected chi connectivity index (χ4v) is 12.6. The molecular formula is C52H65FN4S4. The number of rotatable bonds is 26. The van der Waals surface area contributed by atoms with Gasteiger partial charge in [0.2, 0.25) is 0 Å². The highest BCUT2D eigenvalue weighted by Crippen LogP contribution is 2.45. The summed E-state index contributed by atoms with van der Waals surface area (Å²) in [5.41, 5.74) is 7.87. The predicted molar refractivity (Wildman–Crippen MR) is 269 cm³/mol. The summed E-state index contributed by atoms with van der Waals surface area (Å²) in [6.07, 6.45) is 24.9. The molecule has 0 aliphatic carbocycles. The molecule has 5 heterocycles. The smallest absolute Gasteiger partial charge is 0.132 e. The quantitative estimate of drug-likeness (QED) is 0.0508. The maximum atomic E-state index is 15.6. The van der Waals surface area contributed by atoms with Crippen LogP contribution in [0.3, 0.4) is 0 Å². The molecule has 61 heavy (non-hydrogen) atoms. The second-order valence-corrected chi connectivity index (χ2v) is 20.7. The summed E-state index contributed by atoms with van der Waals surface area (Å²) >= 11 is 6.44. The van der Waals surface area contributed by atoms with Gasteiger partial charge in [-0.15, -0.1) is 34.0 Å². The number of hydrogen-bond acceptors (Lipinski definition) is 8. The molecule has 1 atom stereocenters. The molecule has 0 N–H and O–H groups in total. The fourth-order valence-electron chi connectivity index (χ4n) is 8.56. The average Bonchev–Trinajstić information content (AvgIpc) is 4.11. The second-order valence-electron chi connectivity index (χ2n) is 16.9. The van der Waals surface area contributed by atoms with Crippen molar-refractivity contribution in [3.63, 3.8) is 0 Å². The third kappa shape index (κ3) is 12.0. The third-order valence-corrected chi connectivity index (χ3v) is 16.4. The lowest BCUT2D eigenvalue weighted by molar-refractivity contribution is 0.421. The van der Waals surface area contributed by atoms with Crippen molar-refractivity contribution in [2.75, 3.05) is 18.0 Å². The van der Waals surface area contributed by atoms with Crippen LogP contribution in [0.4, 0.5) is 10.1 Å². The van der Waals surface area contributed by atoms with E-state index >= 15 is 4.39 Å². The lowest BCUT2D eigenvalue weighted by atomic mass is 9.92. The zero-order valence-corrected chi connectivity index (χ0v) is 40.2. The number of unbranched alkanes of at least 4 members (excludes halogenated alkanes) is 11. The Balaban J connectivity index is 1.02. The van der Waals surface area contributed by atoms with Gasteiger partial charge in [0.25, 0.3) is 0 Å². The highest BCUT2D eigenvalue weighted by Gasteiger charge is 2.20. The summed E-state index contributed by atoms with van der Waals surface area (Å²) in [4.78, 5) is 12.0. The molecule has 9 heteroatoms. The van der Waals surface area contributed by atoms with Gasteiger partial charge in [-0.2, -0.15) is 8.75 Å². The van der Waals surface area contributed by atoms with E-state index in [1.54, 1.807) is 28.7 Å². The molecule has 324 valence electrons. The molecule has 0 aliphatic rings. The molecule has 0 saturated heterocycles. The first-order valence-electron chi connectivity index (χ1n) is 23.4. The maximum Gasteiger partial charge on any atom is 0.132 e. The molecular weight excluding hydrogens is 828 g/mol. The molecule has 0 aliphatic heterocycles. The van der Waals surface area contributed by atoms with E-state index in [-0.39, 0.29) is 5.82 Å². The molecule has 0 radical (unpaired) electrons. The molecule has 1 unspecified atom stereocenters. The van der Waals surface area contributed by atoms with Crippen LogP contribution in [0.2, 0.25) is 0 Å². The van der Waals surface area contributed by atoms with Gasteiger partial charge in [-0.25, -0.2) is 4.39 Å². The minimum absolute atomic E-state index is 0.150. The van der Waals surface area contributed by atoms with Gasteiger partial charge in [-0.1, -0.05) is 142 Å². The lowest BCUT2D eigenvalue weighted by Gasteiger charge is -2.25. The van der Waals surface area contributed by atoms with Gasteiger partial charge in [-0.3, -0.25) is 4.98 Å². The van der Waals surface area contributed by atoms with Gasteiger partial charge in [0, 0.05) is 60.1 Å². The van der Waals surface area contributed by atoms with Crippen molar-refractivity contribution >= 4 is 71.9 Å². The highest BCUT2D eigenvalue weighted by atomic mass is 32.1. The van der Waals surface area contributed by atoms with Crippen LogP contribution in [0.5, 0.6) is 0 Å². The van der Waals surface area contributed by atoms with E-state index in [9.17, 15) is 0 Å². The second kappa shape index (κ2) is 23.3. The predicted octanol–water partition coefficient (Wildman–Crippen LogP) is 17.9. The topological polar surface area (TPSA) is 41.9 Å². The van der Waals surface area contributed by atoms with Crippen LogP contribution >= 0.6 is 45.7 Å². The van der Waals surface area contributed by atoms with Crippen molar-refractivity contribution in [1.82, 2.24) is 13.7 Å². The summed E-state index contributed by atoms with van der Waals surface area (Å²) in [7, 11) is 0. The van der Waals surface area contributed by atoms with Crippen molar-refractivity contribution in [2.45, 2.75) is 143 Å². The minimum atomic E-state index is -0.150. The molecule has 5 aromatic heterocycles. The lowest BCUT2D eigenvalue weighted by Crippen LogP contribution is -2.25. The zero-order chi connectivity index (χ0) is 42.4. The van der Waals surface area contributed by atoms with Crippen LogP contribution in [0.25, 0.3) is 62.3 Å². The molecule has 0 amide bonds. The molecule has 0 spiro atoms. The molecule has 0 fully saturated rings. The van der Waals surface area contributed by atoms with Crippen molar-refractivity contribution in [3.8, 4) is 41.9 Å². The number of hydrogen-bond donors (Lipinski definition) is 0. The number of aryl methyl sites for hydroxylation is 1. The van der Waals surface area contributed by atoms with Crippen molar-refractivity contribution in [1.29, 1.82) is 0 Å². The molecule has 2 aromatic carbocycles. The van der Waals surface area contributed by atoms with Crippen LogP contribution in [0.1, 0.15) is 142 Å². The normalized spacial score (nSPS) is 12.3. The van der Waals surface area contributed by atoms with Gasteiger partial charge in [0.15, 0.2) is 0 Å². The van der Waals surface area contributed by atoms with E-state index in [4.69, 9.17) is 13.7 Å². The van der Waals surface area contributed by atoms with Crippen LogP contribution in [-0.2, 0) is 6.42 Å². The Morgan fingerprint density at radius 2 is 1.20 bits per heavy atom. The Morgan fingerprint density at radius 1 is 0.574 bits per heavy atom. The largest absolute Gasteiger partial charge is 0.372 e. The Labute approximate surface area is 381 Å². The van der Waals surface area contributed by atoms with Gasteiger partial charge in [-0.05, 0) is 85.2 Å². The van der Waals surface area contributed by atoms with Crippen LogP contribution < -0.4 is 4.90 Å². The van der Waals surface area contributed by atoms with E-state index in [0.29, 0.717) is 11.5 Å². The average molecular weight is 893 g/mol. The van der Waals surface area contributed by atoms with Crippen molar-refractivity contribution in [3.05, 3.63) is 84.3 Å².